The van der Waals surface area contributed by atoms with Gasteiger partial charge in [-0.25, -0.2) is 4.79 Å². The smallest absolute Gasteiger partial charge is 0.326 e. The number of rotatable bonds is 7. The zero-order valence-corrected chi connectivity index (χ0v) is 14.3. The van der Waals surface area contributed by atoms with Gasteiger partial charge in [-0.15, -0.1) is 0 Å². The Labute approximate surface area is 131 Å². The van der Waals surface area contributed by atoms with Gasteiger partial charge in [-0.3, -0.25) is 9.48 Å². The van der Waals surface area contributed by atoms with Gasteiger partial charge in [0.25, 0.3) is 0 Å². The number of aryl methyl sites for hydroxylation is 2. The molecule has 6 heteroatoms. The minimum absolute atomic E-state index is 0.208. The van der Waals surface area contributed by atoms with E-state index in [1.54, 1.807) is 4.68 Å². The van der Waals surface area contributed by atoms with Crippen molar-refractivity contribution in [2.45, 2.75) is 53.5 Å². The van der Waals surface area contributed by atoms with E-state index in [1.165, 1.54) is 0 Å². The summed E-state index contributed by atoms with van der Waals surface area (Å²) in [6.45, 7) is 9.59. The van der Waals surface area contributed by atoms with Gasteiger partial charge < -0.3 is 10.4 Å². The molecule has 0 aliphatic rings. The molecule has 1 heterocycles. The van der Waals surface area contributed by atoms with Crippen LogP contribution in [-0.4, -0.2) is 32.8 Å². The number of amides is 1. The van der Waals surface area contributed by atoms with E-state index in [0.29, 0.717) is 12.8 Å². The lowest BCUT2D eigenvalue weighted by molar-refractivity contribution is -0.142. The van der Waals surface area contributed by atoms with Crippen LogP contribution >= 0.6 is 0 Å². The van der Waals surface area contributed by atoms with Gasteiger partial charge in [0.15, 0.2) is 0 Å². The van der Waals surface area contributed by atoms with Crippen molar-refractivity contribution < 1.29 is 14.7 Å². The van der Waals surface area contributed by atoms with E-state index in [0.717, 1.165) is 17.0 Å². The quantitative estimate of drug-likeness (QED) is 0.805. The molecule has 0 spiro atoms. The Balaban J connectivity index is 2.74. The molecule has 1 amide bonds. The van der Waals surface area contributed by atoms with Crippen LogP contribution in [0.4, 0.5) is 0 Å². The van der Waals surface area contributed by atoms with Crippen LogP contribution in [0.5, 0.6) is 0 Å². The van der Waals surface area contributed by atoms with Crippen LogP contribution in [0.2, 0.25) is 0 Å². The summed E-state index contributed by atoms with van der Waals surface area (Å²) in [6.07, 6.45) is 0.990. The van der Waals surface area contributed by atoms with E-state index in [4.69, 9.17) is 0 Å². The average molecular weight is 309 g/mol. The Morgan fingerprint density at radius 1 is 1.27 bits per heavy atom. The van der Waals surface area contributed by atoms with Crippen molar-refractivity contribution in [1.82, 2.24) is 15.1 Å². The minimum Gasteiger partial charge on any atom is -0.480 e. The minimum atomic E-state index is -0.983. The zero-order chi connectivity index (χ0) is 17.0. The van der Waals surface area contributed by atoms with Crippen molar-refractivity contribution in [1.29, 1.82) is 0 Å². The standard InChI is InChI=1S/C16H27N3O3/c1-9(2)7-14(16(21)22)17-15(20)10(3)8-13-11(4)18-19(6)12(13)5/h9-10,14H,7-8H2,1-6H3,(H,17,20)(H,21,22). The fraction of sp³-hybridized carbons (Fsp3) is 0.688. The van der Waals surface area contributed by atoms with E-state index < -0.39 is 12.0 Å². The Morgan fingerprint density at radius 2 is 1.86 bits per heavy atom. The number of nitrogens with zero attached hydrogens (tertiary/aromatic N) is 2. The van der Waals surface area contributed by atoms with Gasteiger partial charge in [0.1, 0.15) is 6.04 Å². The third kappa shape index (κ3) is 4.58. The average Bonchev–Trinajstić information content (AvgIpc) is 2.63. The van der Waals surface area contributed by atoms with Crippen LogP contribution in [0.3, 0.4) is 0 Å². The molecule has 22 heavy (non-hydrogen) atoms. The molecule has 2 unspecified atom stereocenters. The molecule has 6 nitrogen and oxygen atoms in total. The number of hydrogen-bond acceptors (Lipinski definition) is 3. The maximum absolute atomic E-state index is 12.3. The van der Waals surface area contributed by atoms with Crippen molar-refractivity contribution in [2.24, 2.45) is 18.9 Å². The van der Waals surface area contributed by atoms with E-state index in [-0.39, 0.29) is 17.7 Å². The lowest BCUT2D eigenvalue weighted by atomic mass is 9.97. The van der Waals surface area contributed by atoms with Gasteiger partial charge in [-0.05, 0) is 38.2 Å². The van der Waals surface area contributed by atoms with E-state index >= 15 is 0 Å². The summed E-state index contributed by atoms with van der Waals surface area (Å²) in [6, 6.07) is -0.828. The molecule has 0 radical (unpaired) electrons. The molecule has 0 aliphatic heterocycles. The molecule has 2 N–H and O–H groups in total. The van der Waals surface area contributed by atoms with E-state index in [1.807, 2.05) is 41.7 Å². The van der Waals surface area contributed by atoms with Crippen LogP contribution in [0.15, 0.2) is 0 Å². The first-order valence-corrected chi connectivity index (χ1v) is 7.65. The molecule has 1 rings (SSSR count). The molecule has 1 aromatic heterocycles. The molecule has 0 saturated carbocycles. The predicted octanol–water partition coefficient (Wildman–Crippen LogP) is 1.83. The van der Waals surface area contributed by atoms with E-state index in [9.17, 15) is 14.7 Å². The number of carbonyl (C=O) groups excluding carboxylic acids is 1. The number of aliphatic carboxylic acids is 1. The van der Waals surface area contributed by atoms with Gasteiger partial charge >= 0.3 is 5.97 Å². The monoisotopic (exact) mass is 309 g/mol. The van der Waals surface area contributed by atoms with Crippen LogP contribution in [-0.2, 0) is 23.1 Å². The summed E-state index contributed by atoms with van der Waals surface area (Å²) in [7, 11) is 1.87. The first-order chi connectivity index (χ1) is 10.1. The molecule has 1 aromatic rings. The summed E-state index contributed by atoms with van der Waals surface area (Å²) >= 11 is 0. The molecule has 2 atom stereocenters. The molecule has 0 fully saturated rings. The number of carboxylic acids is 1. The number of nitrogens with one attached hydrogen (secondary N) is 1. The van der Waals surface area contributed by atoms with Crippen LogP contribution in [0.25, 0.3) is 0 Å². The molecule has 0 aliphatic carbocycles. The third-order valence-electron chi connectivity index (χ3n) is 3.94. The van der Waals surface area contributed by atoms with Gasteiger partial charge in [-0.2, -0.15) is 5.10 Å². The largest absolute Gasteiger partial charge is 0.480 e. The number of carbonyl (C=O) groups is 2. The topological polar surface area (TPSA) is 84.2 Å². The van der Waals surface area contributed by atoms with Crippen molar-refractivity contribution in [3.8, 4) is 0 Å². The first kappa shape index (κ1) is 18.2. The summed E-state index contributed by atoms with van der Waals surface area (Å²) in [5, 5.41) is 16.2. The first-order valence-electron chi connectivity index (χ1n) is 7.65. The van der Waals surface area contributed by atoms with E-state index in [2.05, 4.69) is 10.4 Å². The Kier molecular flexibility index (Phi) is 6.14. The summed E-state index contributed by atoms with van der Waals surface area (Å²) in [5.74, 6) is -1.30. The second-order valence-electron chi connectivity index (χ2n) is 6.41. The Bertz CT molecular complexity index is 549. The molecule has 0 saturated heterocycles. The van der Waals surface area contributed by atoms with Crippen LogP contribution in [0.1, 0.15) is 44.1 Å². The summed E-state index contributed by atoms with van der Waals surface area (Å²) in [4.78, 5) is 23.5. The summed E-state index contributed by atoms with van der Waals surface area (Å²) in [5.41, 5.74) is 3.01. The van der Waals surface area contributed by atoms with Gasteiger partial charge in [0, 0.05) is 18.7 Å². The second kappa shape index (κ2) is 7.42. The van der Waals surface area contributed by atoms with Gasteiger partial charge in [0.2, 0.25) is 5.91 Å². The highest BCUT2D eigenvalue weighted by Crippen LogP contribution is 2.17. The maximum Gasteiger partial charge on any atom is 0.326 e. The molecule has 0 bridgehead atoms. The molecular weight excluding hydrogens is 282 g/mol. The Hall–Kier alpha value is -1.85. The number of carboxylic acid groups (broad SMARTS) is 1. The fourth-order valence-electron chi connectivity index (χ4n) is 2.52. The molecule has 124 valence electrons. The highest BCUT2D eigenvalue weighted by Gasteiger charge is 2.25. The SMILES string of the molecule is Cc1nn(C)c(C)c1CC(C)C(=O)NC(CC(C)C)C(=O)O. The second-order valence-corrected chi connectivity index (χ2v) is 6.41. The molecule has 0 aromatic carbocycles. The lowest BCUT2D eigenvalue weighted by Gasteiger charge is -2.19. The molecular formula is C16H27N3O3. The zero-order valence-electron chi connectivity index (χ0n) is 14.3. The highest BCUT2D eigenvalue weighted by atomic mass is 16.4. The fourth-order valence-corrected chi connectivity index (χ4v) is 2.52. The lowest BCUT2D eigenvalue weighted by Crippen LogP contribution is -2.44. The number of aromatic nitrogens is 2. The van der Waals surface area contributed by atoms with Crippen molar-refractivity contribution >= 4 is 11.9 Å². The third-order valence-corrected chi connectivity index (χ3v) is 3.94. The van der Waals surface area contributed by atoms with Crippen molar-refractivity contribution in [2.75, 3.05) is 0 Å². The van der Waals surface area contributed by atoms with Gasteiger partial charge in [-0.1, -0.05) is 20.8 Å². The Morgan fingerprint density at radius 3 is 2.27 bits per heavy atom. The number of hydrogen-bond donors (Lipinski definition) is 2. The summed E-state index contributed by atoms with van der Waals surface area (Å²) < 4.78 is 1.80. The van der Waals surface area contributed by atoms with Crippen molar-refractivity contribution in [3.63, 3.8) is 0 Å². The predicted molar refractivity (Wildman–Crippen MR) is 84.6 cm³/mol. The van der Waals surface area contributed by atoms with Crippen molar-refractivity contribution in [3.05, 3.63) is 17.0 Å². The van der Waals surface area contributed by atoms with Gasteiger partial charge in [0.05, 0.1) is 5.69 Å². The van der Waals surface area contributed by atoms with Crippen LogP contribution in [0, 0.1) is 25.7 Å². The van der Waals surface area contributed by atoms with Crippen LogP contribution < -0.4 is 5.32 Å². The highest BCUT2D eigenvalue weighted by molar-refractivity contribution is 5.84. The maximum atomic E-state index is 12.3. The normalized spacial score (nSPS) is 14.0.